The summed E-state index contributed by atoms with van der Waals surface area (Å²) in [6.45, 7) is 9.71. The van der Waals surface area contributed by atoms with Gasteiger partial charge in [0.15, 0.2) is 5.16 Å². The number of thiophene rings is 1. The van der Waals surface area contributed by atoms with Gasteiger partial charge in [0, 0.05) is 4.88 Å². The van der Waals surface area contributed by atoms with Gasteiger partial charge in [-0.05, 0) is 57.4 Å². The van der Waals surface area contributed by atoms with Crippen LogP contribution in [-0.4, -0.2) is 27.9 Å². The van der Waals surface area contributed by atoms with Gasteiger partial charge in [0.2, 0.25) is 0 Å². The van der Waals surface area contributed by atoms with Crippen molar-refractivity contribution in [3.05, 3.63) is 50.1 Å². The normalized spacial score (nSPS) is 12.4. The van der Waals surface area contributed by atoms with Gasteiger partial charge in [0.25, 0.3) is 5.56 Å². The number of aromatic nitrogens is 2. The zero-order valence-electron chi connectivity index (χ0n) is 16.2. The third-order valence-corrected chi connectivity index (χ3v) is 6.94. The molecule has 1 aromatic carbocycles. The summed E-state index contributed by atoms with van der Waals surface area (Å²) in [5.74, 6) is -0.347. The number of thioether (sulfide) groups is 1. The molecule has 0 aliphatic heterocycles. The Bertz CT molecular complexity index is 1100. The Labute approximate surface area is 166 Å². The average molecular weight is 403 g/mol. The molecule has 0 saturated carbocycles. The second-order valence-electron chi connectivity index (χ2n) is 6.50. The van der Waals surface area contributed by atoms with E-state index in [9.17, 15) is 9.59 Å². The van der Waals surface area contributed by atoms with Crippen molar-refractivity contribution in [1.29, 1.82) is 0 Å². The van der Waals surface area contributed by atoms with Crippen molar-refractivity contribution in [1.82, 2.24) is 9.55 Å². The van der Waals surface area contributed by atoms with E-state index in [1.165, 1.54) is 30.2 Å². The molecule has 0 saturated heterocycles. The molecule has 2 aromatic heterocycles. The van der Waals surface area contributed by atoms with Crippen molar-refractivity contribution in [2.24, 2.45) is 0 Å². The van der Waals surface area contributed by atoms with Crippen LogP contribution in [0.25, 0.3) is 15.9 Å². The third kappa shape index (κ3) is 3.41. The van der Waals surface area contributed by atoms with Crippen molar-refractivity contribution >= 4 is 39.3 Å². The lowest BCUT2D eigenvalue weighted by Crippen LogP contribution is -2.24. The number of fused-ring (bicyclic) bond motifs is 1. The summed E-state index contributed by atoms with van der Waals surface area (Å²) in [5, 5.41) is 0.673. The first-order chi connectivity index (χ1) is 12.8. The van der Waals surface area contributed by atoms with Crippen LogP contribution in [0, 0.1) is 27.7 Å². The zero-order chi connectivity index (χ0) is 19.9. The molecule has 0 amide bonds. The highest BCUT2D eigenvalue weighted by Gasteiger charge is 2.23. The predicted molar refractivity (Wildman–Crippen MR) is 112 cm³/mol. The second-order valence-corrected chi connectivity index (χ2v) is 9.01. The Hall–Kier alpha value is -2.12. The summed E-state index contributed by atoms with van der Waals surface area (Å²) in [4.78, 5) is 31.9. The van der Waals surface area contributed by atoms with Gasteiger partial charge in [-0.3, -0.25) is 14.2 Å². The molecule has 0 fully saturated rings. The summed E-state index contributed by atoms with van der Waals surface area (Å²) in [6, 6.07) is 5.86. The van der Waals surface area contributed by atoms with E-state index in [2.05, 4.69) is 0 Å². The molecule has 3 aromatic rings. The smallest absolute Gasteiger partial charge is 0.318 e. The first-order valence-electron chi connectivity index (χ1n) is 8.60. The Balaban J connectivity index is 2.34. The van der Waals surface area contributed by atoms with E-state index in [1.54, 1.807) is 11.5 Å². The number of ether oxygens (including phenoxy) is 1. The van der Waals surface area contributed by atoms with Gasteiger partial charge >= 0.3 is 5.97 Å². The third-order valence-electron chi connectivity index (χ3n) is 4.80. The lowest BCUT2D eigenvalue weighted by Gasteiger charge is -2.17. The van der Waals surface area contributed by atoms with Crippen LogP contribution in [0.5, 0.6) is 0 Å². The van der Waals surface area contributed by atoms with E-state index in [0.717, 1.165) is 27.3 Å². The molecule has 27 heavy (non-hydrogen) atoms. The van der Waals surface area contributed by atoms with Crippen molar-refractivity contribution < 1.29 is 9.53 Å². The maximum absolute atomic E-state index is 13.5. The highest BCUT2D eigenvalue weighted by Crippen LogP contribution is 2.32. The molecule has 142 valence electrons. The lowest BCUT2D eigenvalue weighted by atomic mass is 10.1. The van der Waals surface area contributed by atoms with Crippen LogP contribution in [0.3, 0.4) is 0 Å². The molecule has 0 unspecified atom stereocenters. The first-order valence-corrected chi connectivity index (χ1v) is 10.3. The maximum Gasteiger partial charge on any atom is 0.318 e. The van der Waals surface area contributed by atoms with Crippen LogP contribution in [0.4, 0.5) is 0 Å². The number of esters is 1. The summed E-state index contributed by atoms with van der Waals surface area (Å²) in [5.41, 5.74) is 3.75. The molecule has 7 heteroatoms. The van der Waals surface area contributed by atoms with Crippen LogP contribution in [0.2, 0.25) is 0 Å². The van der Waals surface area contributed by atoms with Crippen LogP contribution in [0.1, 0.15) is 28.5 Å². The van der Waals surface area contributed by atoms with Crippen LogP contribution in [0.15, 0.2) is 28.2 Å². The number of hydrogen-bond acceptors (Lipinski definition) is 6. The lowest BCUT2D eigenvalue weighted by molar-refractivity contribution is -0.139. The first kappa shape index (κ1) is 19.6. The highest BCUT2D eigenvalue weighted by atomic mass is 32.2. The number of carbonyl (C=O) groups is 1. The van der Waals surface area contributed by atoms with Crippen molar-refractivity contribution in [3.8, 4) is 5.69 Å². The molecule has 0 radical (unpaired) electrons. The molecule has 0 spiro atoms. The highest BCUT2D eigenvalue weighted by molar-refractivity contribution is 8.00. The summed E-state index contributed by atoms with van der Waals surface area (Å²) in [6.07, 6.45) is 0. The number of benzene rings is 1. The molecule has 0 bridgehead atoms. The van der Waals surface area contributed by atoms with Gasteiger partial charge in [-0.2, -0.15) is 0 Å². The summed E-state index contributed by atoms with van der Waals surface area (Å²) in [7, 11) is 1.36. The molecule has 0 aliphatic carbocycles. The van der Waals surface area contributed by atoms with Gasteiger partial charge in [0.05, 0.1) is 18.2 Å². The standard InChI is InChI=1S/C20H22N2O3S2/c1-10-8-7-9-15(11(10)2)22-18(23)16-12(3)13(4)26-17(16)21-20(22)27-14(5)19(24)25-6/h7-9,14H,1-6H3/t14-/m0/s1. The molecule has 5 nitrogen and oxygen atoms in total. The van der Waals surface area contributed by atoms with Crippen LogP contribution in [-0.2, 0) is 9.53 Å². The Kier molecular flexibility index (Phi) is 5.44. The number of nitrogens with zero attached hydrogens (tertiary/aromatic N) is 2. The fraction of sp³-hybridized carbons (Fsp3) is 0.350. The fourth-order valence-corrected chi connectivity index (χ4v) is 4.93. The molecular formula is C20H22N2O3S2. The van der Waals surface area contributed by atoms with Crippen molar-refractivity contribution in [2.45, 2.75) is 45.0 Å². The van der Waals surface area contributed by atoms with Gasteiger partial charge in [-0.15, -0.1) is 11.3 Å². The number of aryl methyl sites for hydroxylation is 3. The van der Waals surface area contributed by atoms with Crippen LogP contribution >= 0.6 is 23.1 Å². The van der Waals surface area contributed by atoms with Gasteiger partial charge in [-0.25, -0.2) is 4.98 Å². The Morgan fingerprint density at radius 1 is 1.22 bits per heavy atom. The molecule has 0 aliphatic rings. The second kappa shape index (κ2) is 7.48. The molecule has 2 heterocycles. The van der Waals surface area contributed by atoms with E-state index >= 15 is 0 Å². The largest absolute Gasteiger partial charge is 0.468 e. The number of rotatable bonds is 4. The summed E-state index contributed by atoms with van der Waals surface area (Å²) >= 11 is 2.75. The van der Waals surface area contributed by atoms with E-state index < -0.39 is 5.25 Å². The van der Waals surface area contributed by atoms with E-state index in [1.807, 2.05) is 45.9 Å². The van der Waals surface area contributed by atoms with Crippen LogP contribution < -0.4 is 5.56 Å². The molecule has 3 rings (SSSR count). The number of methoxy groups -OCH3 is 1. The van der Waals surface area contributed by atoms with E-state index in [0.29, 0.717) is 15.4 Å². The average Bonchev–Trinajstić information content (AvgIpc) is 2.91. The number of hydrogen-bond donors (Lipinski definition) is 0. The molecular weight excluding hydrogens is 380 g/mol. The summed E-state index contributed by atoms with van der Waals surface area (Å²) < 4.78 is 6.47. The van der Waals surface area contributed by atoms with Crippen molar-refractivity contribution in [3.63, 3.8) is 0 Å². The van der Waals surface area contributed by atoms with Gasteiger partial charge in [0.1, 0.15) is 10.1 Å². The fourth-order valence-electron chi connectivity index (χ4n) is 2.92. The molecule has 0 N–H and O–H groups in total. The SMILES string of the molecule is COC(=O)[C@H](C)Sc1nc2sc(C)c(C)c2c(=O)n1-c1cccc(C)c1C. The predicted octanol–water partition coefficient (Wildman–Crippen LogP) is 4.33. The van der Waals surface area contributed by atoms with Gasteiger partial charge in [-0.1, -0.05) is 23.9 Å². The Morgan fingerprint density at radius 3 is 2.59 bits per heavy atom. The van der Waals surface area contributed by atoms with Gasteiger partial charge < -0.3 is 4.74 Å². The number of carbonyl (C=O) groups excluding carboxylic acids is 1. The maximum atomic E-state index is 13.5. The minimum Gasteiger partial charge on any atom is -0.468 e. The quantitative estimate of drug-likeness (QED) is 0.369. The van der Waals surface area contributed by atoms with Crippen molar-refractivity contribution in [2.75, 3.05) is 7.11 Å². The van der Waals surface area contributed by atoms with E-state index in [4.69, 9.17) is 9.72 Å². The zero-order valence-corrected chi connectivity index (χ0v) is 17.9. The topological polar surface area (TPSA) is 61.2 Å². The van der Waals surface area contributed by atoms with E-state index in [-0.39, 0.29) is 11.5 Å². The minimum absolute atomic E-state index is 0.102. The Morgan fingerprint density at radius 2 is 1.93 bits per heavy atom. The monoisotopic (exact) mass is 402 g/mol. The molecule has 1 atom stereocenters. The minimum atomic E-state index is -0.474.